The van der Waals surface area contributed by atoms with Gasteiger partial charge < -0.3 is 14.4 Å². The summed E-state index contributed by atoms with van der Waals surface area (Å²) < 4.78 is 47.2. The summed E-state index contributed by atoms with van der Waals surface area (Å²) in [5.74, 6) is 0. The molecule has 2 aromatic carbocycles. The molecule has 3 rings (SSSR count). The molecule has 1 N–H and O–H groups in total. The lowest BCUT2D eigenvalue weighted by molar-refractivity contribution is -0.384. The van der Waals surface area contributed by atoms with Gasteiger partial charge in [-0.25, -0.2) is 0 Å². The van der Waals surface area contributed by atoms with Crippen LogP contribution in [-0.2, 0) is 16.9 Å². The van der Waals surface area contributed by atoms with Gasteiger partial charge in [-0.2, -0.15) is 13.2 Å². The fourth-order valence-corrected chi connectivity index (χ4v) is 3.16. The largest absolute Gasteiger partial charge is 0.423 e. The molecule has 0 saturated carbocycles. The summed E-state index contributed by atoms with van der Waals surface area (Å²) in [6.07, 6.45) is -3.83. The molecule has 0 aliphatic heterocycles. The Balaban J connectivity index is 2.25. The van der Waals surface area contributed by atoms with E-state index in [-0.39, 0.29) is 23.1 Å². The van der Waals surface area contributed by atoms with Gasteiger partial charge in [-0.05, 0) is 11.6 Å². The highest BCUT2D eigenvalue weighted by Crippen LogP contribution is 2.43. The second-order valence-corrected chi connectivity index (χ2v) is 6.41. The van der Waals surface area contributed by atoms with E-state index in [0.717, 1.165) is 18.7 Å². The molecule has 0 spiro atoms. The predicted octanol–water partition coefficient (Wildman–Crippen LogP) is 3.99. The third kappa shape index (κ3) is 3.46. The monoisotopic (exact) mass is 394 g/mol. The van der Waals surface area contributed by atoms with Crippen LogP contribution in [0.25, 0.3) is 10.9 Å². The van der Waals surface area contributed by atoms with Gasteiger partial charge in [0.05, 0.1) is 17.0 Å². The number of non-ortho nitro benzene ring substituents is 1. The number of ether oxygens (including phenoxy) is 1. The highest BCUT2D eigenvalue weighted by atomic mass is 19.4. The molecular weight excluding hydrogens is 377 g/mol. The average molecular weight is 394 g/mol. The third-order valence-corrected chi connectivity index (χ3v) is 4.54. The van der Waals surface area contributed by atoms with E-state index in [1.54, 1.807) is 30.3 Å². The number of fused-ring (bicyclic) bond motifs is 1. The van der Waals surface area contributed by atoms with Crippen molar-refractivity contribution in [2.75, 3.05) is 13.7 Å². The van der Waals surface area contributed by atoms with Crippen molar-refractivity contribution in [2.45, 2.75) is 18.3 Å². The van der Waals surface area contributed by atoms with Crippen LogP contribution in [0.5, 0.6) is 0 Å². The summed E-state index contributed by atoms with van der Waals surface area (Å²) >= 11 is 0. The fraction of sp³-hybridized carbons (Fsp3) is 0.263. The van der Waals surface area contributed by atoms with E-state index in [9.17, 15) is 28.4 Å². The number of nitrogens with zero attached hydrogens (tertiary/aromatic N) is 2. The summed E-state index contributed by atoms with van der Waals surface area (Å²) in [6.45, 7) is -0.822. The van der Waals surface area contributed by atoms with Gasteiger partial charge in [0.2, 0.25) is 5.60 Å². The summed E-state index contributed by atoms with van der Waals surface area (Å²) in [7, 11) is 1.06. The van der Waals surface area contributed by atoms with Crippen LogP contribution in [-0.4, -0.2) is 34.5 Å². The predicted molar refractivity (Wildman–Crippen MR) is 96.0 cm³/mol. The van der Waals surface area contributed by atoms with Gasteiger partial charge >= 0.3 is 6.18 Å². The molecule has 1 heterocycles. The van der Waals surface area contributed by atoms with Gasteiger partial charge in [0.1, 0.15) is 0 Å². The molecule has 1 atom stereocenters. The van der Waals surface area contributed by atoms with Crippen molar-refractivity contribution in [1.29, 1.82) is 0 Å². The SMILES string of the molecule is COCC(O)(c1cn(Cc2ccccc2)c2cc([N+](=O)[O-])ccc12)C(F)(F)F. The molecule has 1 aromatic heterocycles. The number of hydrogen-bond donors (Lipinski definition) is 1. The first kappa shape index (κ1) is 19.8. The van der Waals surface area contributed by atoms with Gasteiger partial charge in [-0.1, -0.05) is 30.3 Å². The zero-order valence-corrected chi connectivity index (χ0v) is 14.8. The molecule has 148 valence electrons. The lowest BCUT2D eigenvalue weighted by Crippen LogP contribution is -2.46. The van der Waals surface area contributed by atoms with Crippen molar-refractivity contribution < 1.29 is 27.9 Å². The average Bonchev–Trinajstić information content (AvgIpc) is 3.00. The first-order valence-electron chi connectivity index (χ1n) is 8.27. The Kier molecular flexibility index (Phi) is 5.14. The van der Waals surface area contributed by atoms with Crippen LogP contribution in [0.1, 0.15) is 11.1 Å². The molecule has 3 aromatic rings. The Morgan fingerprint density at radius 1 is 1.18 bits per heavy atom. The second kappa shape index (κ2) is 7.25. The molecule has 0 radical (unpaired) electrons. The number of aliphatic hydroxyl groups is 1. The lowest BCUT2D eigenvalue weighted by atomic mass is 9.93. The Labute approximate surface area is 157 Å². The maximum Gasteiger partial charge on any atom is 0.423 e. The van der Waals surface area contributed by atoms with E-state index in [4.69, 9.17) is 0 Å². The Morgan fingerprint density at radius 3 is 2.43 bits per heavy atom. The smallest absolute Gasteiger partial charge is 0.381 e. The van der Waals surface area contributed by atoms with E-state index < -0.39 is 28.9 Å². The van der Waals surface area contributed by atoms with Gasteiger partial charge in [-0.15, -0.1) is 0 Å². The third-order valence-electron chi connectivity index (χ3n) is 4.54. The summed E-state index contributed by atoms with van der Waals surface area (Å²) in [5.41, 5.74) is -2.92. The number of hydrogen-bond acceptors (Lipinski definition) is 4. The van der Waals surface area contributed by atoms with Gasteiger partial charge in [-0.3, -0.25) is 10.1 Å². The number of aromatic nitrogens is 1. The Morgan fingerprint density at radius 2 is 1.86 bits per heavy atom. The molecule has 9 heteroatoms. The van der Waals surface area contributed by atoms with Crippen molar-refractivity contribution in [3.8, 4) is 0 Å². The minimum Gasteiger partial charge on any atom is -0.381 e. The Hall–Kier alpha value is -2.91. The van der Waals surface area contributed by atoms with Crippen LogP contribution in [0.2, 0.25) is 0 Å². The molecule has 0 aliphatic rings. The first-order chi connectivity index (χ1) is 13.2. The highest BCUT2D eigenvalue weighted by Gasteiger charge is 2.56. The maximum absolute atomic E-state index is 13.7. The second-order valence-electron chi connectivity index (χ2n) is 6.41. The molecular formula is C19H17F3N2O4. The summed E-state index contributed by atoms with van der Waals surface area (Å²) in [6, 6.07) is 12.5. The van der Waals surface area contributed by atoms with Crippen molar-refractivity contribution >= 4 is 16.6 Å². The molecule has 0 bridgehead atoms. The van der Waals surface area contributed by atoms with Crippen LogP contribution >= 0.6 is 0 Å². The van der Waals surface area contributed by atoms with Crippen LogP contribution in [0, 0.1) is 10.1 Å². The van der Waals surface area contributed by atoms with E-state index in [1.165, 1.54) is 22.9 Å². The van der Waals surface area contributed by atoms with Crippen LogP contribution in [0.4, 0.5) is 18.9 Å². The quantitative estimate of drug-likeness (QED) is 0.507. The molecule has 6 nitrogen and oxygen atoms in total. The fourth-order valence-electron chi connectivity index (χ4n) is 3.16. The van der Waals surface area contributed by atoms with Crippen LogP contribution in [0.3, 0.4) is 0 Å². The normalized spacial score (nSPS) is 14.2. The number of methoxy groups -OCH3 is 1. The first-order valence-corrected chi connectivity index (χ1v) is 8.27. The number of benzene rings is 2. The van der Waals surface area contributed by atoms with Crippen molar-refractivity contribution in [2.24, 2.45) is 0 Å². The molecule has 0 saturated heterocycles. The molecule has 0 amide bonds. The van der Waals surface area contributed by atoms with Gasteiger partial charge in [0, 0.05) is 42.9 Å². The van der Waals surface area contributed by atoms with Crippen molar-refractivity contribution in [3.63, 3.8) is 0 Å². The van der Waals surface area contributed by atoms with Gasteiger partial charge in [0.15, 0.2) is 0 Å². The van der Waals surface area contributed by atoms with Crippen molar-refractivity contribution in [3.05, 3.63) is 76.0 Å². The van der Waals surface area contributed by atoms with E-state index in [1.807, 2.05) is 0 Å². The van der Waals surface area contributed by atoms with Crippen LogP contribution in [0.15, 0.2) is 54.7 Å². The van der Waals surface area contributed by atoms with E-state index >= 15 is 0 Å². The van der Waals surface area contributed by atoms with Gasteiger partial charge in [0.25, 0.3) is 5.69 Å². The highest BCUT2D eigenvalue weighted by molar-refractivity contribution is 5.87. The molecule has 0 fully saturated rings. The zero-order valence-electron chi connectivity index (χ0n) is 14.8. The standard InChI is InChI=1S/C19H17F3N2O4/c1-28-12-18(25,19(20,21)22)16-11-23(10-13-5-3-2-4-6-13)17-9-14(24(26)27)7-8-15(16)17/h2-9,11,25H,10,12H2,1H3. The minimum absolute atomic E-state index is 0.0680. The lowest BCUT2D eigenvalue weighted by Gasteiger charge is -2.29. The summed E-state index contributed by atoms with van der Waals surface area (Å²) in [5, 5.41) is 21.7. The molecule has 28 heavy (non-hydrogen) atoms. The van der Waals surface area contributed by atoms with E-state index in [0.29, 0.717) is 0 Å². The molecule has 0 aliphatic carbocycles. The summed E-state index contributed by atoms with van der Waals surface area (Å²) in [4.78, 5) is 10.5. The maximum atomic E-state index is 13.7. The number of nitro benzene ring substituents is 1. The number of nitro groups is 1. The van der Waals surface area contributed by atoms with Crippen LogP contribution < -0.4 is 0 Å². The number of rotatable bonds is 6. The zero-order chi connectivity index (χ0) is 20.5. The number of alkyl halides is 3. The van der Waals surface area contributed by atoms with E-state index in [2.05, 4.69) is 4.74 Å². The van der Waals surface area contributed by atoms with Crippen molar-refractivity contribution in [1.82, 2.24) is 4.57 Å². The molecule has 1 unspecified atom stereocenters. The Bertz CT molecular complexity index is 1000. The topological polar surface area (TPSA) is 77.5 Å². The number of halogens is 3. The minimum atomic E-state index is -5.00.